The summed E-state index contributed by atoms with van der Waals surface area (Å²) >= 11 is 0. The van der Waals surface area contributed by atoms with Gasteiger partial charge in [0, 0.05) is 61.1 Å². The van der Waals surface area contributed by atoms with Crippen LogP contribution < -0.4 is 15.5 Å². The maximum Gasteiger partial charge on any atom is 0.134 e. The third kappa shape index (κ3) is 6.38. The molecule has 2 heterocycles. The third-order valence-electron chi connectivity index (χ3n) is 6.77. The van der Waals surface area contributed by atoms with Crippen LogP contribution in [0.4, 0.5) is 10.1 Å². The predicted octanol–water partition coefficient (Wildman–Crippen LogP) is 5.50. The molecule has 32 heavy (non-hydrogen) atoms. The van der Waals surface area contributed by atoms with Gasteiger partial charge in [-0.1, -0.05) is 46.4 Å². The Bertz CT molecular complexity index is 804. The van der Waals surface area contributed by atoms with E-state index in [1.807, 2.05) is 12.1 Å². The van der Waals surface area contributed by atoms with E-state index in [0.717, 1.165) is 62.0 Å². The quantitative estimate of drug-likeness (QED) is 0.503. The lowest BCUT2D eigenvalue weighted by Gasteiger charge is -2.37. The number of benzene rings is 1. The molecule has 1 unspecified atom stereocenters. The van der Waals surface area contributed by atoms with Gasteiger partial charge >= 0.3 is 0 Å². The molecule has 4 nitrogen and oxygen atoms in total. The highest BCUT2D eigenvalue weighted by atomic mass is 19.1. The van der Waals surface area contributed by atoms with Crippen molar-refractivity contribution in [3.63, 3.8) is 0 Å². The Morgan fingerprint density at radius 2 is 1.84 bits per heavy atom. The van der Waals surface area contributed by atoms with E-state index < -0.39 is 0 Å². The van der Waals surface area contributed by atoms with Gasteiger partial charge in [0.1, 0.15) is 5.82 Å². The van der Waals surface area contributed by atoms with Crippen LogP contribution in [0.5, 0.6) is 0 Å². The fourth-order valence-corrected chi connectivity index (χ4v) is 4.96. The Hall–Kier alpha value is -2.27. The second-order valence-electron chi connectivity index (χ2n) is 9.36. The van der Waals surface area contributed by atoms with Gasteiger partial charge in [0.25, 0.3) is 0 Å². The van der Waals surface area contributed by atoms with E-state index in [9.17, 15) is 4.39 Å². The maximum atomic E-state index is 15.0. The smallest absolute Gasteiger partial charge is 0.134 e. The van der Waals surface area contributed by atoms with E-state index in [4.69, 9.17) is 0 Å². The zero-order chi connectivity index (χ0) is 23.1. The van der Waals surface area contributed by atoms with Gasteiger partial charge in [-0.15, -0.1) is 0 Å². The first-order valence-electron chi connectivity index (χ1n) is 12.3. The Labute approximate surface area is 194 Å². The molecule has 0 aromatic heterocycles. The fraction of sp³-hybridized carbons (Fsp3) is 0.556. The van der Waals surface area contributed by atoms with Crippen LogP contribution in [0.3, 0.4) is 0 Å². The SMILES string of the molecule is C=C1CCC(NC(=C)c2ccc(N3CCN(CC(CCC)CCC)CC3)cc2F)C(=C)N1. The van der Waals surface area contributed by atoms with Crippen molar-refractivity contribution in [1.29, 1.82) is 0 Å². The molecule has 0 radical (unpaired) electrons. The summed E-state index contributed by atoms with van der Waals surface area (Å²) in [5.41, 5.74) is 3.90. The number of rotatable bonds is 10. The van der Waals surface area contributed by atoms with Crippen molar-refractivity contribution in [3.05, 3.63) is 60.7 Å². The van der Waals surface area contributed by atoms with Gasteiger partial charge in [0.05, 0.1) is 6.04 Å². The third-order valence-corrected chi connectivity index (χ3v) is 6.77. The van der Waals surface area contributed by atoms with E-state index in [1.165, 1.54) is 32.2 Å². The molecular weight excluding hydrogens is 399 g/mol. The summed E-state index contributed by atoms with van der Waals surface area (Å²) in [5, 5.41) is 6.52. The van der Waals surface area contributed by atoms with Crippen LogP contribution in [0.1, 0.15) is 57.9 Å². The molecular formula is C27H41FN4. The van der Waals surface area contributed by atoms with Crippen molar-refractivity contribution in [3.8, 4) is 0 Å². The number of hydrogen-bond acceptors (Lipinski definition) is 4. The molecule has 2 fully saturated rings. The molecule has 5 heteroatoms. The molecule has 1 atom stereocenters. The second kappa shape index (κ2) is 11.6. The molecule has 2 saturated heterocycles. The molecule has 0 aliphatic carbocycles. The van der Waals surface area contributed by atoms with Crippen molar-refractivity contribution in [2.45, 2.75) is 58.4 Å². The Morgan fingerprint density at radius 1 is 1.16 bits per heavy atom. The molecule has 0 spiro atoms. The number of piperazine rings is 1. The van der Waals surface area contributed by atoms with Crippen LogP contribution in [0.25, 0.3) is 5.70 Å². The lowest BCUT2D eigenvalue weighted by Crippen LogP contribution is -2.47. The minimum absolute atomic E-state index is 0.0318. The molecule has 0 bridgehead atoms. The summed E-state index contributed by atoms with van der Waals surface area (Å²) in [6, 6.07) is 5.56. The zero-order valence-electron chi connectivity index (χ0n) is 20.1. The first-order valence-corrected chi connectivity index (χ1v) is 12.3. The van der Waals surface area contributed by atoms with Gasteiger partial charge in [0.2, 0.25) is 0 Å². The molecule has 2 aliphatic heterocycles. The number of halogens is 1. The standard InChI is InChI=1S/C27H41FN4/c1-6-8-23(9-7-2)19-31-14-16-32(17-15-31)24-11-12-25(26(28)18-24)21(4)30-27-13-10-20(3)29-22(27)5/h11-12,18,23,27,29-30H,3-10,13-17,19H2,1-2H3. The van der Waals surface area contributed by atoms with Gasteiger partial charge < -0.3 is 15.5 Å². The highest BCUT2D eigenvalue weighted by Gasteiger charge is 2.22. The number of piperidine rings is 1. The number of anilines is 1. The van der Waals surface area contributed by atoms with Crippen molar-refractivity contribution in [2.75, 3.05) is 37.6 Å². The Kier molecular flexibility index (Phi) is 8.80. The van der Waals surface area contributed by atoms with Gasteiger partial charge in [0.15, 0.2) is 0 Å². The van der Waals surface area contributed by atoms with E-state index >= 15 is 0 Å². The highest BCUT2D eigenvalue weighted by Crippen LogP contribution is 2.26. The summed E-state index contributed by atoms with van der Waals surface area (Å²) in [6.07, 6.45) is 6.91. The second-order valence-corrected chi connectivity index (χ2v) is 9.36. The van der Waals surface area contributed by atoms with Crippen LogP contribution in [0.15, 0.2) is 49.3 Å². The summed E-state index contributed by atoms with van der Waals surface area (Å²) < 4.78 is 15.0. The van der Waals surface area contributed by atoms with Gasteiger partial charge in [-0.05, 0) is 49.8 Å². The molecule has 176 valence electrons. The van der Waals surface area contributed by atoms with Crippen LogP contribution in [0.2, 0.25) is 0 Å². The Morgan fingerprint density at radius 3 is 2.44 bits per heavy atom. The van der Waals surface area contributed by atoms with E-state index in [2.05, 4.69) is 54.0 Å². The topological polar surface area (TPSA) is 30.5 Å². The number of hydrogen-bond donors (Lipinski definition) is 2. The minimum atomic E-state index is -0.229. The summed E-state index contributed by atoms with van der Waals surface area (Å²) in [4.78, 5) is 4.88. The fourth-order valence-electron chi connectivity index (χ4n) is 4.96. The average molecular weight is 441 g/mol. The lowest BCUT2D eigenvalue weighted by molar-refractivity contribution is 0.206. The van der Waals surface area contributed by atoms with Crippen molar-refractivity contribution in [1.82, 2.24) is 15.5 Å². The molecule has 2 aliphatic rings. The van der Waals surface area contributed by atoms with E-state index in [1.54, 1.807) is 6.07 Å². The predicted molar refractivity (Wildman–Crippen MR) is 135 cm³/mol. The van der Waals surface area contributed by atoms with Crippen molar-refractivity contribution >= 4 is 11.4 Å². The van der Waals surface area contributed by atoms with E-state index in [0.29, 0.717) is 11.3 Å². The lowest BCUT2D eigenvalue weighted by atomic mass is 9.97. The van der Waals surface area contributed by atoms with Gasteiger partial charge in [-0.25, -0.2) is 4.39 Å². The number of nitrogens with one attached hydrogen (secondary N) is 2. The molecule has 0 amide bonds. The van der Waals surface area contributed by atoms with Crippen LogP contribution in [0, 0.1) is 11.7 Å². The number of nitrogens with zero attached hydrogens (tertiary/aromatic N) is 2. The molecule has 0 saturated carbocycles. The maximum absolute atomic E-state index is 15.0. The average Bonchev–Trinajstić information content (AvgIpc) is 2.76. The largest absolute Gasteiger partial charge is 0.377 e. The first kappa shape index (κ1) is 24.4. The molecule has 2 N–H and O–H groups in total. The summed E-state index contributed by atoms with van der Waals surface area (Å²) in [5.74, 6) is 0.576. The van der Waals surface area contributed by atoms with E-state index in [-0.39, 0.29) is 11.9 Å². The van der Waals surface area contributed by atoms with Crippen LogP contribution >= 0.6 is 0 Å². The Balaban J connectivity index is 1.54. The zero-order valence-corrected chi connectivity index (χ0v) is 20.1. The minimum Gasteiger partial charge on any atom is -0.377 e. The highest BCUT2D eigenvalue weighted by molar-refractivity contribution is 5.65. The molecule has 3 rings (SSSR count). The molecule has 1 aromatic carbocycles. The number of allylic oxidation sites excluding steroid dienone is 1. The summed E-state index contributed by atoms with van der Waals surface area (Å²) in [6.45, 7) is 21.8. The van der Waals surface area contributed by atoms with Crippen LogP contribution in [-0.4, -0.2) is 43.7 Å². The molecule has 1 aromatic rings. The van der Waals surface area contributed by atoms with Crippen molar-refractivity contribution in [2.24, 2.45) is 5.92 Å². The summed E-state index contributed by atoms with van der Waals surface area (Å²) in [7, 11) is 0. The monoisotopic (exact) mass is 440 g/mol. The first-order chi connectivity index (χ1) is 15.4. The van der Waals surface area contributed by atoms with Crippen LogP contribution in [-0.2, 0) is 0 Å². The van der Waals surface area contributed by atoms with Gasteiger partial charge in [-0.2, -0.15) is 0 Å². The van der Waals surface area contributed by atoms with Gasteiger partial charge in [-0.3, -0.25) is 4.90 Å². The normalized spacial score (nSPS) is 19.9. The van der Waals surface area contributed by atoms with Crippen molar-refractivity contribution < 1.29 is 4.39 Å².